The van der Waals surface area contributed by atoms with Crippen LogP contribution in [-0.2, 0) is 9.59 Å². The molecule has 1 aromatic rings. The lowest BCUT2D eigenvalue weighted by atomic mass is 10.2. The van der Waals surface area contributed by atoms with E-state index in [4.69, 9.17) is 0 Å². The largest absolute Gasteiger partial charge is 0.339 e. The Morgan fingerprint density at radius 3 is 2.27 bits per heavy atom. The van der Waals surface area contributed by atoms with Crippen molar-refractivity contribution in [3.8, 4) is 0 Å². The molecule has 2 rings (SSSR count). The lowest BCUT2D eigenvalue weighted by Gasteiger charge is -2.34. The van der Waals surface area contributed by atoms with Gasteiger partial charge >= 0.3 is 0 Å². The number of piperazine rings is 1. The molecule has 0 bridgehead atoms. The van der Waals surface area contributed by atoms with Gasteiger partial charge in [-0.1, -0.05) is 0 Å². The zero-order valence-corrected chi connectivity index (χ0v) is 12.4. The monoisotopic (exact) mass is 306 g/mol. The fourth-order valence-electron chi connectivity index (χ4n) is 2.23. The van der Waals surface area contributed by atoms with Crippen LogP contribution in [0.25, 0.3) is 0 Å². The van der Waals surface area contributed by atoms with Gasteiger partial charge in [-0.3, -0.25) is 14.4 Å². The van der Waals surface area contributed by atoms with E-state index in [1.807, 2.05) is 0 Å². The van der Waals surface area contributed by atoms with Gasteiger partial charge in [0.2, 0.25) is 5.91 Å². The van der Waals surface area contributed by atoms with Crippen molar-refractivity contribution in [2.24, 2.45) is 0 Å². The minimum Gasteiger partial charge on any atom is -0.339 e. The summed E-state index contributed by atoms with van der Waals surface area (Å²) in [5.74, 6) is -0.345. The number of H-pyrrole nitrogens is 1. The van der Waals surface area contributed by atoms with Crippen LogP contribution in [-0.4, -0.2) is 63.8 Å². The van der Waals surface area contributed by atoms with Gasteiger partial charge < -0.3 is 14.6 Å². The molecule has 1 fully saturated rings. The second kappa shape index (κ2) is 6.97. The van der Waals surface area contributed by atoms with Crippen molar-refractivity contribution in [3.63, 3.8) is 0 Å². The van der Waals surface area contributed by atoms with Gasteiger partial charge in [0.05, 0.1) is 0 Å². The minimum absolute atomic E-state index is 0.00805. The molecule has 0 unspecified atom stereocenters. The Morgan fingerprint density at radius 2 is 1.73 bits per heavy atom. The number of nitrogens with zero attached hydrogens (tertiary/aromatic N) is 3. The number of aromatic nitrogens is 2. The van der Waals surface area contributed by atoms with Crippen LogP contribution in [0.2, 0.25) is 0 Å². The maximum atomic E-state index is 12.2. The van der Waals surface area contributed by atoms with Gasteiger partial charge in [-0.2, -0.15) is 5.10 Å². The number of aromatic amines is 1. The van der Waals surface area contributed by atoms with Gasteiger partial charge in [0.15, 0.2) is 0 Å². The van der Waals surface area contributed by atoms with Crippen LogP contribution in [0.1, 0.15) is 30.3 Å². The number of carbonyl (C=O) groups excluding carboxylic acids is 3. The summed E-state index contributed by atoms with van der Waals surface area (Å²) in [6, 6.07) is 2.63. The van der Waals surface area contributed by atoms with Crippen LogP contribution in [0.15, 0.2) is 16.9 Å². The van der Waals surface area contributed by atoms with E-state index in [-0.39, 0.29) is 41.7 Å². The van der Waals surface area contributed by atoms with Crippen LogP contribution in [0, 0.1) is 0 Å². The smallest absolute Gasteiger partial charge is 0.274 e. The first kappa shape index (κ1) is 15.9. The topological polar surface area (TPSA) is 103 Å². The second-order valence-corrected chi connectivity index (χ2v) is 5.18. The first-order valence-electron chi connectivity index (χ1n) is 7.09. The lowest BCUT2D eigenvalue weighted by Crippen LogP contribution is -2.50. The predicted molar refractivity (Wildman–Crippen MR) is 77.3 cm³/mol. The van der Waals surface area contributed by atoms with Crippen molar-refractivity contribution in [1.82, 2.24) is 20.0 Å². The Kier molecular flexibility index (Phi) is 5.03. The Bertz CT molecular complexity index is 611. The van der Waals surface area contributed by atoms with E-state index in [0.717, 1.165) is 0 Å². The molecule has 1 saturated heterocycles. The highest BCUT2D eigenvalue weighted by molar-refractivity contribution is 5.92. The first-order chi connectivity index (χ1) is 10.5. The average Bonchev–Trinajstić information content (AvgIpc) is 2.53. The van der Waals surface area contributed by atoms with E-state index >= 15 is 0 Å². The summed E-state index contributed by atoms with van der Waals surface area (Å²) in [7, 11) is 0. The number of rotatable bonds is 4. The van der Waals surface area contributed by atoms with E-state index in [1.54, 1.807) is 9.80 Å². The molecule has 8 nitrogen and oxygen atoms in total. The van der Waals surface area contributed by atoms with Crippen LogP contribution in [0.5, 0.6) is 0 Å². The number of carbonyl (C=O) groups is 3. The summed E-state index contributed by atoms with van der Waals surface area (Å²) >= 11 is 0. The summed E-state index contributed by atoms with van der Waals surface area (Å²) < 4.78 is 0. The number of hydrogen-bond donors (Lipinski definition) is 1. The first-order valence-corrected chi connectivity index (χ1v) is 7.09. The summed E-state index contributed by atoms with van der Waals surface area (Å²) in [5.41, 5.74) is -0.187. The molecule has 1 aliphatic rings. The van der Waals surface area contributed by atoms with Crippen molar-refractivity contribution in [3.05, 3.63) is 28.2 Å². The molecule has 0 saturated carbocycles. The highest BCUT2D eigenvalue weighted by Crippen LogP contribution is 2.08. The van der Waals surface area contributed by atoms with Crippen molar-refractivity contribution in [1.29, 1.82) is 0 Å². The fourth-order valence-corrected chi connectivity index (χ4v) is 2.23. The third kappa shape index (κ3) is 4.00. The van der Waals surface area contributed by atoms with Gasteiger partial charge in [-0.15, -0.1) is 0 Å². The minimum atomic E-state index is -0.363. The second-order valence-electron chi connectivity index (χ2n) is 5.18. The van der Waals surface area contributed by atoms with Crippen LogP contribution >= 0.6 is 0 Å². The number of amides is 2. The van der Waals surface area contributed by atoms with Gasteiger partial charge in [0.25, 0.3) is 11.5 Å². The molecule has 0 aromatic carbocycles. The zero-order chi connectivity index (χ0) is 16.1. The van der Waals surface area contributed by atoms with Crippen LogP contribution < -0.4 is 5.56 Å². The normalized spacial score (nSPS) is 14.8. The van der Waals surface area contributed by atoms with Gasteiger partial charge in [-0.25, -0.2) is 5.10 Å². The third-order valence-corrected chi connectivity index (χ3v) is 3.51. The molecule has 0 spiro atoms. The Hall–Kier alpha value is -2.51. The van der Waals surface area contributed by atoms with Gasteiger partial charge in [0.1, 0.15) is 11.5 Å². The van der Waals surface area contributed by atoms with Crippen LogP contribution in [0.3, 0.4) is 0 Å². The van der Waals surface area contributed by atoms with Crippen molar-refractivity contribution in [2.75, 3.05) is 26.2 Å². The molecule has 0 atom stereocenters. The van der Waals surface area contributed by atoms with E-state index in [1.165, 1.54) is 19.1 Å². The summed E-state index contributed by atoms with van der Waals surface area (Å²) in [4.78, 5) is 49.2. The van der Waals surface area contributed by atoms with E-state index in [2.05, 4.69) is 10.2 Å². The molecule has 8 heteroatoms. The summed E-state index contributed by atoms with van der Waals surface area (Å²) in [6.07, 6.45) is 0.462. The molecule has 2 amide bonds. The summed E-state index contributed by atoms with van der Waals surface area (Å²) in [5, 5.41) is 5.93. The lowest BCUT2D eigenvalue weighted by molar-refractivity contribution is -0.134. The van der Waals surface area contributed by atoms with Crippen molar-refractivity contribution in [2.45, 2.75) is 19.8 Å². The predicted octanol–water partition coefficient (Wildman–Crippen LogP) is -0.576. The molecule has 1 aromatic heterocycles. The Balaban J connectivity index is 1.87. The molecule has 22 heavy (non-hydrogen) atoms. The third-order valence-electron chi connectivity index (χ3n) is 3.51. The number of hydrogen-bond acceptors (Lipinski definition) is 5. The Labute approximate surface area is 127 Å². The molecule has 1 N–H and O–H groups in total. The summed E-state index contributed by atoms with van der Waals surface area (Å²) in [6.45, 7) is 3.15. The molecule has 118 valence electrons. The Morgan fingerprint density at radius 1 is 1.09 bits per heavy atom. The van der Waals surface area contributed by atoms with Gasteiger partial charge in [-0.05, 0) is 13.0 Å². The van der Waals surface area contributed by atoms with Gasteiger partial charge in [0, 0.05) is 45.1 Å². The quantitative estimate of drug-likeness (QED) is 0.802. The van der Waals surface area contributed by atoms with E-state index in [9.17, 15) is 19.2 Å². The van der Waals surface area contributed by atoms with E-state index in [0.29, 0.717) is 26.2 Å². The van der Waals surface area contributed by atoms with Crippen LogP contribution in [0.4, 0.5) is 0 Å². The maximum absolute atomic E-state index is 12.2. The SMILES string of the molecule is CC(=O)CCC(=O)N1CCN(C(=O)c2ccc(=O)[nH]n2)CC1. The fraction of sp³-hybridized carbons (Fsp3) is 0.500. The number of ketones is 1. The average molecular weight is 306 g/mol. The molecule has 1 aliphatic heterocycles. The molecule has 2 heterocycles. The molecule has 0 aliphatic carbocycles. The molecule has 0 radical (unpaired) electrons. The van der Waals surface area contributed by atoms with Crippen molar-refractivity contribution >= 4 is 17.6 Å². The highest BCUT2D eigenvalue weighted by Gasteiger charge is 2.25. The standard InChI is InChI=1S/C14H18N4O4/c1-10(19)2-5-13(21)17-6-8-18(9-7-17)14(22)11-3-4-12(20)16-15-11/h3-4H,2,5-9H2,1H3,(H,16,20). The zero-order valence-electron chi connectivity index (χ0n) is 12.4. The number of nitrogens with one attached hydrogen (secondary N) is 1. The van der Waals surface area contributed by atoms with E-state index < -0.39 is 0 Å². The number of Topliss-reactive ketones (excluding diaryl/α,β-unsaturated/α-hetero) is 1. The molecular formula is C14H18N4O4. The molecular weight excluding hydrogens is 288 g/mol. The maximum Gasteiger partial charge on any atom is 0.274 e. The van der Waals surface area contributed by atoms with Crippen molar-refractivity contribution < 1.29 is 14.4 Å². The highest BCUT2D eigenvalue weighted by atomic mass is 16.2.